The van der Waals surface area contributed by atoms with Gasteiger partial charge in [-0.1, -0.05) is 12.1 Å². The van der Waals surface area contributed by atoms with Gasteiger partial charge in [0.25, 0.3) is 5.91 Å². The van der Waals surface area contributed by atoms with Crippen LogP contribution in [-0.2, 0) is 13.1 Å². The van der Waals surface area contributed by atoms with Crippen LogP contribution in [0, 0.1) is 0 Å². The average molecular weight is 418 g/mol. The van der Waals surface area contributed by atoms with Crippen molar-refractivity contribution in [1.29, 1.82) is 0 Å². The van der Waals surface area contributed by atoms with E-state index in [-0.39, 0.29) is 5.91 Å². The molecule has 0 radical (unpaired) electrons. The summed E-state index contributed by atoms with van der Waals surface area (Å²) in [4.78, 5) is 17.2. The molecule has 0 atom stereocenters. The van der Waals surface area contributed by atoms with E-state index in [2.05, 4.69) is 37.7 Å². The number of carbonyl (C=O) groups excluding carboxylic acids is 1. The molecule has 3 aromatic rings. The van der Waals surface area contributed by atoms with Gasteiger partial charge in [0.05, 0.1) is 31.8 Å². The molecule has 0 unspecified atom stereocenters. The number of ether oxygens (including phenoxy) is 2. The van der Waals surface area contributed by atoms with Crippen LogP contribution in [0.3, 0.4) is 0 Å². The van der Waals surface area contributed by atoms with E-state index in [1.165, 1.54) is 0 Å². The summed E-state index contributed by atoms with van der Waals surface area (Å²) in [6.07, 6.45) is 0. The number of carbonyl (C=O) groups is 1. The van der Waals surface area contributed by atoms with Crippen molar-refractivity contribution in [3.8, 4) is 11.5 Å². The smallest absolute Gasteiger partial charge is 0.251 e. The van der Waals surface area contributed by atoms with E-state index in [1.807, 2.05) is 24.3 Å². The largest absolute Gasteiger partial charge is 0.495 e. The Hall–Kier alpha value is -2.54. The lowest BCUT2D eigenvalue weighted by molar-refractivity contribution is 0.0948. The van der Waals surface area contributed by atoms with Crippen LogP contribution < -0.4 is 14.8 Å². The van der Waals surface area contributed by atoms with Crippen LogP contribution in [0.25, 0.3) is 11.0 Å². The van der Waals surface area contributed by atoms with Gasteiger partial charge in [-0.15, -0.1) is 0 Å². The van der Waals surface area contributed by atoms with E-state index >= 15 is 0 Å². The van der Waals surface area contributed by atoms with E-state index in [9.17, 15) is 4.79 Å². The Bertz CT molecular complexity index is 927. The summed E-state index contributed by atoms with van der Waals surface area (Å²) in [5.41, 5.74) is 2.44. The third-order valence-corrected chi connectivity index (χ3v) is 4.95. The van der Waals surface area contributed by atoms with Crippen LogP contribution in [0.1, 0.15) is 23.1 Å². The molecule has 7 heteroatoms. The molecule has 0 fully saturated rings. The number of aromatic nitrogens is 2. The summed E-state index contributed by atoms with van der Waals surface area (Å²) < 4.78 is 13.4. The second-order valence-electron chi connectivity index (χ2n) is 5.64. The number of imidazole rings is 1. The third-order valence-electron chi connectivity index (χ3n) is 4.16. The molecule has 0 saturated heterocycles. The molecule has 0 aliphatic heterocycles. The zero-order chi connectivity index (χ0) is 18.7. The summed E-state index contributed by atoms with van der Waals surface area (Å²) in [5, 5.41) is 2.92. The molecule has 1 amide bonds. The molecule has 136 valence electrons. The molecule has 26 heavy (non-hydrogen) atoms. The maximum atomic E-state index is 12.6. The highest BCUT2D eigenvalue weighted by atomic mass is 79.9. The quantitative estimate of drug-likeness (QED) is 0.662. The van der Waals surface area contributed by atoms with Gasteiger partial charge in [-0.2, -0.15) is 0 Å². The summed E-state index contributed by atoms with van der Waals surface area (Å²) in [6, 6.07) is 11.3. The second kappa shape index (κ2) is 7.78. The van der Waals surface area contributed by atoms with Crippen LogP contribution >= 0.6 is 15.9 Å². The van der Waals surface area contributed by atoms with Crippen molar-refractivity contribution >= 4 is 32.9 Å². The monoisotopic (exact) mass is 417 g/mol. The maximum absolute atomic E-state index is 12.6. The van der Waals surface area contributed by atoms with Crippen LogP contribution in [-0.4, -0.2) is 29.7 Å². The van der Waals surface area contributed by atoms with Gasteiger partial charge in [0.1, 0.15) is 21.8 Å². The lowest BCUT2D eigenvalue weighted by atomic mass is 10.2. The Balaban J connectivity index is 1.83. The number of halogens is 1. The minimum atomic E-state index is -0.219. The number of fused-ring (bicyclic) bond motifs is 1. The van der Waals surface area contributed by atoms with Crippen molar-refractivity contribution in [2.45, 2.75) is 20.0 Å². The Morgan fingerprint density at radius 1 is 1.19 bits per heavy atom. The minimum absolute atomic E-state index is 0.219. The third kappa shape index (κ3) is 3.39. The number of aryl methyl sites for hydroxylation is 1. The van der Waals surface area contributed by atoms with Crippen molar-refractivity contribution in [3.05, 3.63) is 52.3 Å². The lowest BCUT2D eigenvalue weighted by Gasteiger charge is -2.12. The van der Waals surface area contributed by atoms with Crippen molar-refractivity contribution in [2.24, 2.45) is 0 Å². The van der Waals surface area contributed by atoms with E-state index in [4.69, 9.17) is 9.47 Å². The van der Waals surface area contributed by atoms with Gasteiger partial charge in [-0.25, -0.2) is 4.98 Å². The van der Waals surface area contributed by atoms with E-state index < -0.39 is 0 Å². The predicted octanol–water partition coefficient (Wildman–Crippen LogP) is 3.77. The molecular formula is C19H20BrN3O3. The molecular weight excluding hydrogens is 398 g/mol. The molecule has 0 bridgehead atoms. The van der Waals surface area contributed by atoms with Crippen LogP contribution in [0.5, 0.6) is 11.5 Å². The number of rotatable bonds is 6. The van der Waals surface area contributed by atoms with Gasteiger partial charge < -0.3 is 19.4 Å². The van der Waals surface area contributed by atoms with Crippen molar-refractivity contribution in [1.82, 2.24) is 14.9 Å². The highest BCUT2D eigenvalue weighted by Crippen LogP contribution is 2.35. The van der Waals surface area contributed by atoms with E-state index in [0.29, 0.717) is 28.1 Å². The van der Waals surface area contributed by atoms with Gasteiger partial charge in [0.15, 0.2) is 0 Å². The molecule has 2 aromatic carbocycles. The topological polar surface area (TPSA) is 65.4 Å². The summed E-state index contributed by atoms with van der Waals surface area (Å²) in [6.45, 7) is 3.18. The minimum Gasteiger partial charge on any atom is -0.495 e. The lowest BCUT2D eigenvalue weighted by Crippen LogP contribution is -2.24. The Morgan fingerprint density at radius 3 is 2.46 bits per heavy atom. The molecule has 0 saturated carbocycles. The molecule has 1 N–H and O–H groups in total. The maximum Gasteiger partial charge on any atom is 0.251 e. The van der Waals surface area contributed by atoms with E-state index in [1.54, 1.807) is 26.4 Å². The van der Waals surface area contributed by atoms with Gasteiger partial charge in [-0.3, -0.25) is 4.79 Å². The molecule has 1 heterocycles. The molecule has 0 spiro atoms. The number of para-hydroxylation sites is 2. The molecule has 6 nitrogen and oxygen atoms in total. The highest BCUT2D eigenvalue weighted by molar-refractivity contribution is 9.10. The molecule has 0 aliphatic carbocycles. The first-order chi connectivity index (χ1) is 12.6. The Kier molecular flexibility index (Phi) is 5.46. The average Bonchev–Trinajstić information content (AvgIpc) is 3.03. The van der Waals surface area contributed by atoms with Crippen molar-refractivity contribution in [3.63, 3.8) is 0 Å². The summed E-state index contributed by atoms with van der Waals surface area (Å²) >= 11 is 3.40. The van der Waals surface area contributed by atoms with Gasteiger partial charge in [-0.05, 0) is 47.1 Å². The first kappa shape index (κ1) is 18.3. The number of hydrogen-bond acceptors (Lipinski definition) is 4. The summed E-state index contributed by atoms with van der Waals surface area (Å²) in [7, 11) is 3.09. The van der Waals surface area contributed by atoms with Gasteiger partial charge >= 0.3 is 0 Å². The molecule has 1 aromatic heterocycles. The zero-order valence-corrected chi connectivity index (χ0v) is 16.5. The standard InChI is InChI=1S/C19H20BrN3O3/c1-4-23-14-8-6-5-7-13(14)22-17(23)11-21-19(24)12-9-15(25-2)18(20)16(10-12)26-3/h5-10H,4,11H2,1-3H3,(H,21,24). The fourth-order valence-corrected chi connectivity index (χ4v) is 3.43. The first-order valence-corrected chi connectivity index (χ1v) is 9.02. The Labute approximate surface area is 160 Å². The Morgan fingerprint density at radius 2 is 1.85 bits per heavy atom. The number of methoxy groups -OCH3 is 2. The number of nitrogens with zero attached hydrogens (tertiary/aromatic N) is 2. The highest BCUT2D eigenvalue weighted by Gasteiger charge is 2.16. The number of benzene rings is 2. The number of nitrogens with one attached hydrogen (secondary N) is 1. The fraction of sp³-hybridized carbons (Fsp3) is 0.263. The van der Waals surface area contributed by atoms with Gasteiger partial charge in [0.2, 0.25) is 0 Å². The first-order valence-electron chi connectivity index (χ1n) is 8.22. The second-order valence-corrected chi connectivity index (χ2v) is 6.43. The zero-order valence-electron chi connectivity index (χ0n) is 14.9. The number of amides is 1. The fourth-order valence-electron chi connectivity index (χ4n) is 2.88. The summed E-state index contributed by atoms with van der Waals surface area (Å²) in [5.74, 6) is 1.67. The van der Waals surface area contributed by atoms with Crippen molar-refractivity contribution in [2.75, 3.05) is 14.2 Å². The molecule has 3 rings (SSSR count). The van der Waals surface area contributed by atoms with Crippen LogP contribution in [0.4, 0.5) is 0 Å². The normalized spacial score (nSPS) is 10.8. The predicted molar refractivity (Wildman–Crippen MR) is 104 cm³/mol. The van der Waals surface area contributed by atoms with Gasteiger partial charge in [0, 0.05) is 12.1 Å². The van der Waals surface area contributed by atoms with Crippen LogP contribution in [0.2, 0.25) is 0 Å². The molecule has 0 aliphatic rings. The van der Waals surface area contributed by atoms with E-state index in [0.717, 1.165) is 23.4 Å². The SMILES string of the molecule is CCn1c(CNC(=O)c2cc(OC)c(Br)c(OC)c2)nc2ccccc21. The van der Waals surface area contributed by atoms with Crippen LogP contribution in [0.15, 0.2) is 40.9 Å². The number of hydrogen-bond donors (Lipinski definition) is 1. The van der Waals surface area contributed by atoms with Crippen molar-refractivity contribution < 1.29 is 14.3 Å².